The summed E-state index contributed by atoms with van der Waals surface area (Å²) in [7, 11) is 0. The zero-order valence-corrected chi connectivity index (χ0v) is 9.41. The van der Waals surface area contributed by atoms with Crippen LogP contribution in [0, 0.1) is 0 Å². The van der Waals surface area contributed by atoms with Crippen LogP contribution in [0.5, 0.6) is 0 Å². The van der Waals surface area contributed by atoms with Gasteiger partial charge in [0.2, 0.25) is 5.91 Å². The molecule has 0 saturated heterocycles. The van der Waals surface area contributed by atoms with Crippen molar-refractivity contribution in [2.24, 2.45) is 0 Å². The van der Waals surface area contributed by atoms with Crippen LogP contribution in [-0.2, 0) is 11.2 Å². The van der Waals surface area contributed by atoms with Gasteiger partial charge in [0.05, 0.1) is 0 Å². The summed E-state index contributed by atoms with van der Waals surface area (Å²) in [6.45, 7) is 3.81. The third-order valence-corrected chi connectivity index (χ3v) is 2.34. The number of hydrogen-bond donors (Lipinski definition) is 1. The summed E-state index contributed by atoms with van der Waals surface area (Å²) in [6, 6.07) is 5.47. The lowest BCUT2D eigenvalue weighted by molar-refractivity contribution is -0.115. The molecule has 4 heteroatoms. The van der Waals surface area contributed by atoms with Crippen molar-refractivity contribution in [3.05, 3.63) is 24.1 Å². The van der Waals surface area contributed by atoms with Crippen LogP contribution in [0.25, 0.3) is 11.1 Å². The molecule has 16 heavy (non-hydrogen) atoms. The first kappa shape index (κ1) is 10.7. The Labute approximate surface area is 93.7 Å². The third-order valence-electron chi connectivity index (χ3n) is 2.34. The van der Waals surface area contributed by atoms with Crippen molar-refractivity contribution >= 4 is 22.7 Å². The van der Waals surface area contributed by atoms with Gasteiger partial charge < -0.3 is 9.73 Å². The number of amides is 1. The fourth-order valence-electron chi connectivity index (χ4n) is 1.45. The lowest BCUT2D eigenvalue weighted by atomic mass is 10.3. The zero-order chi connectivity index (χ0) is 11.5. The molecule has 0 fully saturated rings. The number of carbonyl (C=O) groups is 1. The van der Waals surface area contributed by atoms with E-state index in [1.54, 1.807) is 0 Å². The molecule has 0 spiro atoms. The molecule has 0 unspecified atom stereocenters. The Hall–Kier alpha value is -1.84. The van der Waals surface area contributed by atoms with Crippen LogP contribution >= 0.6 is 0 Å². The fraction of sp³-hybridized carbons (Fsp3) is 0.333. The van der Waals surface area contributed by atoms with Gasteiger partial charge in [-0.2, -0.15) is 0 Å². The molecule has 1 aromatic carbocycles. The van der Waals surface area contributed by atoms with Crippen molar-refractivity contribution in [1.29, 1.82) is 0 Å². The van der Waals surface area contributed by atoms with E-state index in [9.17, 15) is 4.79 Å². The summed E-state index contributed by atoms with van der Waals surface area (Å²) in [5.41, 5.74) is 2.30. The first-order valence-corrected chi connectivity index (χ1v) is 5.42. The smallest absolute Gasteiger partial charge is 0.224 e. The highest BCUT2D eigenvalue weighted by Gasteiger charge is 2.05. The van der Waals surface area contributed by atoms with Crippen molar-refractivity contribution in [3.8, 4) is 0 Å². The molecule has 84 valence electrons. The number of nitrogens with one attached hydrogen (secondary N) is 1. The molecule has 4 nitrogen and oxygen atoms in total. The number of benzene rings is 1. The van der Waals surface area contributed by atoms with Gasteiger partial charge in [0, 0.05) is 18.5 Å². The van der Waals surface area contributed by atoms with Crippen LogP contribution in [0.2, 0.25) is 0 Å². The van der Waals surface area contributed by atoms with Crippen LogP contribution in [0.3, 0.4) is 0 Å². The number of fused-ring (bicyclic) bond motifs is 1. The van der Waals surface area contributed by atoms with E-state index < -0.39 is 0 Å². The summed E-state index contributed by atoms with van der Waals surface area (Å²) in [5.74, 6) is 0.715. The van der Waals surface area contributed by atoms with E-state index >= 15 is 0 Å². The average Bonchev–Trinajstić information content (AvgIpc) is 2.71. The van der Waals surface area contributed by atoms with Crippen molar-refractivity contribution in [3.63, 3.8) is 0 Å². The Morgan fingerprint density at radius 2 is 2.25 bits per heavy atom. The summed E-state index contributed by atoms with van der Waals surface area (Å²) in [5, 5.41) is 2.79. The maximum atomic E-state index is 11.2. The van der Waals surface area contributed by atoms with Gasteiger partial charge in [-0.05, 0) is 18.2 Å². The Morgan fingerprint density at radius 3 is 2.94 bits per heavy atom. The highest BCUT2D eigenvalue weighted by atomic mass is 16.3. The van der Waals surface area contributed by atoms with Gasteiger partial charge in [-0.25, -0.2) is 4.98 Å². The number of aromatic nitrogens is 1. The second-order valence-electron chi connectivity index (χ2n) is 3.55. The van der Waals surface area contributed by atoms with E-state index in [0.717, 1.165) is 23.2 Å². The second kappa shape index (κ2) is 4.35. The SMILES string of the molecule is CCC(=O)Nc1ccc2oc(CC)nc2c1. The molecule has 0 aliphatic carbocycles. The number of carbonyl (C=O) groups excluding carboxylic acids is 1. The Bertz CT molecular complexity index is 517. The first-order chi connectivity index (χ1) is 7.72. The molecule has 1 N–H and O–H groups in total. The van der Waals surface area contributed by atoms with Gasteiger partial charge >= 0.3 is 0 Å². The molecule has 0 atom stereocenters. The van der Waals surface area contributed by atoms with Crippen molar-refractivity contribution in [2.45, 2.75) is 26.7 Å². The number of hydrogen-bond acceptors (Lipinski definition) is 3. The molecule has 0 saturated carbocycles. The number of anilines is 1. The van der Waals surface area contributed by atoms with Gasteiger partial charge in [-0.15, -0.1) is 0 Å². The van der Waals surface area contributed by atoms with Gasteiger partial charge in [0.25, 0.3) is 0 Å². The molecule has 2 aromatic rings. The molecule has 0 aliphatic heterocycles. The Morgan fingerprint density at radius 1 is 1.44 bits per heavy atom. The number of nitrogens with zero attached hydrogens (tertiary/aromatic N) is 1. The van der Waals surface area contributed by atoms with Crippen LogP contribution in [0.1, 0.15) is 26.2 Å². The summed E-state index contributed by atoms with van der Waals surface area (Å²) in [4.78, 5) is 15.5. The molecule has 2 rings (SSSR count). The first-order valence-electron chi connectivity index (χ1n) is 5.42. The van der Waals surface area contributed by atoms with Crippen molar-refractivity contribution in [1.82, 2.24) is 4.98 Å². The maximum absolute atomic E-state index is 11.2. The van der Waals surface area contributed by atoms with E-state index in [2.05, 4.69) is 10.3 Å². The van der Waals surface area contributed by atoms with E-state index in [1.807, 2.05) is 32.0 Å². The molecule has 0 radical (unpaired) electrons. The standard InChI is InChI=1S/C12H14N2O2/c1-3-11(15)13-8-5-6-10-9(7-8)14-12(4-2)16-10/h5-7H,3-4H2,1-2H3,(H,13,15). The molecule has 1 heterocycles. The number of oxazole rings is 1. The Balaban J connectivity index is 2.32. The topological polar surface area (TPSA) is 55.1 Å². The van der Waals surface area contributed by atoms with E-state index in [0.29, 0.717) is 12.3 Å². The molecule has 0 bridgehead atoms. The molecule has 1 aromatic heterocycles. The predicted octanol–water partition coefficient (Wildman–Crippen LogP) is 2.74. The highest BCUT2D eigenvalue weighted by molar-refractivity contribution is 5.92. The lowest BCUT2D eigenvalue weighted by Crippen LogP contribution is -2.08. The fourth-order valence-corrected chi connectivity index (χ4v) is 1.45. The summed E-state index contributed by atoms with van der Waals surface area (Å²) in [6.07, 6.45) is 1.24. The van der Waals surface area contributed by atoms with E-state index in [4.69, 9.17) is 4.42 Å². The van der Waals surface area contributed by atoms with Gasteiger partial charge in [-0.3, -0.25) is 4.79 Å². The number of aryl methyl sites for hydroxylation is 1. The molecular weight excluding hydrogens is 204 g/mol. The normalized spacial score (nSPS) is 10.6. The van der Waals surface area contributed by atoms with Crippen LogP contribution in [0.4, 0.5) is 5.69 Å². The van der Waals surface area contributed by atoms with Gasteiger partial charge in [-0.1, -0.05) is 13.8 Å². The van der Waals surface area contributed by atoms with E-state index in [1.165, 1.54) is 0 Å². The highest BCUT2D eigenvalue weighted by Crippen LogP contribution is 2.20. The van der Waals surface area contributed by atoms with Gasteiger partial charge in [0.15, 0.2) is 11.5 Å². The minimum Gasteiger partial charge on any atom is -0.441 e. The molecule has 0 aliphatic rings. The summed E-state index contributed by atoms with van der Waals surface area (Å²) >= 11 is 0. The van der Waals surface area contributed by atoms with Gasteiger partial charge in [0.1, 0.15) is 5.52 Å². The minimum atomic E-state index is -0.00133. The molecular formula is C12H14N2O2. The Kier molecular flexibility index (Phi) is 2.90. The van der Waals surface area contributed by atoms with Crippen molar-refractivity contribution < 1.29 is 9.21 Å². The average molecular weight is 218 g/mol. The minimum absolute atomic E-state index is 0.00133. The van der Waals surface area contributed by atoms with E-state index in [-0.39, 0.29) is 5.91 Å². The number of rotatable bonds is 3. The van der Waals surface area contributed by atoms with Crippen LogP contribution in [-0.4, -0.2) is 10.9 Å². The summed E-state index contributed by atoms with van der Waals surface area (Å²) < 4.78 is 5.48. The second-order valence-corrected chi connectivity index (χ2v) is 3.55. The van der Waals surface area contributed by atoms with Crippen LogP contribution in [0.15, 0.2) is 22.6 Å². The van der Waals surface area contributed by atoms with Crippen LogP contribution < -0.4 is 5.32 Å². The zero-order valence-electron chi connectivity index (χ0n) is 9.41. The predicted molar refractivity (Wildman–Crippen MR) is 62.3 cm³/mol. The monoisotopic (exact) mass is 218 g/mol. The van der Waals surface area contributed by atoms with Crippen molar-refractivity contribution in [2.75, 3.05) is 5.32 Å². The lowest BCUT2D eigenvalue weighted by Gasteiger charge is -2.01. The molecule has 1 amide bonds. The largest absolute Gasteiger partial charge is 0.441 e. The maximum Gasteiger partial charge on any atom is 0.224 e. The third kappa shape index (κ3) is 2.05. The quantitative estimate of drug-likeness (QED) is 0.861.